The summed E-state index contributed by atoms with van der Waals surface area (Å²) in [5.41, 5.74) is -17.1. The molecule has 448 valence electrons. The normalized spacial score (nSPS) is 16.4. The van der Waals surface area contributed by atoms with Crippen LogP contribution in [0.15, 0.2) is 0 Å². The Hall–Kier alpha value is -2.88. The number of hydrogen-bond acceptors (Lipinski definition) is 12. The molecule has 0 saturated heterocycles. The minimum Gasteiger partial charge on any atom is -0.267 e. The van der Waals surface area contributed by atoms with Gasteiger partial charge >= 0.3 is 134 Å². The summed E-state index contributed by atoms with van der Waals surface area (Å²) in [5.74, 6) is -17.3. The van der Waals surface area contributed by atoms with E-state index in [9.17, 15) is 192 Å². The molecule has 0 aliphatic rings. The maximum atomic E-state index is 13.8. The summed E-state index contributed by atoms with van der Waals surface area (Å²) >= 11 is 0. The van der Waals surface area contributed by atoms with Gasteiger partial charge in [-0.25, -0.2) is 25.9 Å². The summed E-state index contributed by atoms with van der Waals surface area (Å²) in [6, 6.07) is 0. The van der Waals surface area contributed by atoms with Crippen molar-refractivity contribution in [2.45, 2.75) is 119 Å². The SMILES string of the molecule is CCC(OS(=O)(=O)C(F)(F)C(F)(F)C(F)(C(F)(F)F)C(F)(F)F)OS(=O)(=O)C(F)(F)C(F)(F)C(F)(C(F)(F)F)C(F)(F)F.O=S(=O)(OCCCOS(=O)(=O)C(F)(C(F)(F)F)C(F)(F)F)C(F)(C(F)(F)F)C(F)(F)F. The molecule has 0 aromatic rings. The van der Waals surface area contributed by atoms with Crippen molar-refractivity contribution in [1.29, 1.82) is 0 Å². The predicted octanol–water partition coefficient (Wildman–Crippen LogP) is 10.2. The Balaban J connectivity index is 0. The van der Waals surface area contributed by atoms with E-state index in [-0.39, 0.29) is 6.92 Å². The molecule has 0 spiro atoms. The van der Waals surface area contributed by atoms with E-state index >= 15 is 0 Å². The first-order chi connectivity index (χ1) is 31.3. The number of halogens is 36. The highest BCUT2D eigenvalue weighted by Crippen LogP contribution is 2.62. The van der Waals surface area contributed by atoms with Crippen LogP contribution in [0, 0.1) is 0 Å². The molecule has 0 aliphatic carbocycles. The zero-order valence-corrected chi connectivity index (χ0v) is 35.8. The zero-order chi connectivity index (χ0) is 61.2. The van der Waals surface area contributed by atoms with Crippen molar-refractivity contribution < 1.29 is 208 Å². The highest BCUT2D eigenvalue weighted by Gasteiger charge is 2.94. The van der Waals surface area contributed by atoms with Gasteiger partial charge in [-0.15, -0.1) is 0 Å². The number of hydrogen-bond donors (Lipinski definition) is 0. The molecule has 0 fully saturated rings. The second kappa shape index (κ2) is 20.4. The number of alkyl halides is 36. The van der Waals surface area contributed by atoms with E-state index in [1.54, 1.807) is 0 Å². The summed E-state index contributed by atoms with van der Waals surface area (Å²) in [5, 5.41) is -30.5. The van der Waals surface area contributed by atoms with Crippen molar-refractivity contribution in [3.63, 3.8) is 0 Å². The van der Waals surface area contributed by atoms with Crippen molar-refractivity contribution in [3.8, 4) is 0 Å². The fraction of sp³-hybridized carbons (Fsp3) is 1.00. The lowest BCUT2D eigenvalue weighted by Gasteiger charge is -2.39. The molecule has 0 radical (unpaired) electrons. The Morgan fingerprint density at radius 3 is 0.649 bits per heavy atom. The van der Waals surface area contributed by atoms with E-state index in [1.165, 1.54) is 0 Å². The van der Waals surface area contributed by atoms with Crippen molar-refractivity contribution in [2.24, 2.45) is 0 Å². The van der Waals surface area contributed by atoms with Crippen molar-refractivity contribution in [1.82, 2.24) is 0 Å². The van der Waals surface area contributed by atoms with Gasteiger partial charge in [-0.1, -0.05) is 6.92 Å². The highest BCUT2D eigenvalue weighted by atomic mass is 32.2. The Morgan fingerprint density at radius 2 is 0.500 bits per heavy atom. The first kappa shape index (κ1) is 73.2. The summed E-state index contributed by atoms with van der Waals surface area (Å²) in [7, 11) is -31.6. The van der Waals surface area contributed by atoms with Crippen molar-refractivity contribution in [3.05, 3.63) is 0 Å². The summed E-state index contributed by atoms with van der Waals surface area (Å²) in [4.78, 5) is 0. The number of rotatable bonds is 19. The molecule has 0 saturated carbocycles. The average molecular weight is 1280 g/mol. The van der Waals surface area contributed by atoms with Crippen LogP contribution in [0.5, 0.6) is 0 Å². The quantitative estimate of drug-likeness (QED) is 0.0519. The maximum Gasteiger partial charge on any atom is 0.449 e. The predicted molar refractivity (Wildman–Crippen MR) is 152 cm³/mol. The molecule has 74 heavy (non-hydrogen) atoms. The van der Waals surface area contributed by atoms with Gasteiger partial charge in [0.2, 0.25) is 0 Å². The van der Waals surface area contributed by atoms with Crippen molar-refractivity contribution >= 4 is 40.5 Å². The highest BCUT2D eigenvalue weighted by molar-refractivity contribution is 7.89. The third-order valence-electron chi connectivity index (χ3n) is 7.50. The van der Waals surface area contributed by atoms with Crippen LogP contribution in [0.2, 0.25) is 0 Å². The third-order valence-corrected chi connectivity index (χ3v) is 13.5. The molecule has 0 aromatic carbocycles. The molecule has 52 heteroatoms. The Kier molecular flexibility index (Phi) is 20.2. The molecule has 0 atom stereocenters. The summed E-state index contributed by atoms with van der Waals surface area (Å²) < 4.78 is 561. The Morgan fingerprint density at radius 1 is 0.311 bits per heavy atom. The van der Waals surface area contributed by atoms with Crippen molar-refractivity contribution in [2.75, 3.05) is 13.2 Å². The van der Waals surface area contributed by atoms with Gasteiger partial charge in [0.25, 0.3) is 0 Å². The molecule has 0 aromatic heterocycles. The topological polar surface area (TPSA) is 173 Å². The second-order valence-electron chi connectivity index (χ2n) is 12.5. The molecule has 0 rings (SSSR count). The standard InChI is InChI=1S/C13H6F22O6S2.C9H6F14O6S2/c1-2-3(40-42(36,37)12(32,33)6(16,17)4(14,8(20,21)22)9(23,24)25)41-43(38,39)13(34,35)7(18,19)5(15,10(26,27)28)11(29,30)31;10-4(6(12,13)14,7(15,16)17)30(24,25)28-2-1-3-29-31(26,27)5(11,8(18,19)20)9(21,22)23/h3H,2H2,1H3;1-3H2. The first-order valence-corrected chi connectivity index (χ1v) is 21.4. The van der Waals surface area contributed by atoms with E-state index in [1.807, 2.05) is 0 Å². The monoisotopic (exact) mass is 1280 g/mol. The van der Waals surface area contributed by atoms with E-state index < -0.39 is 166 Å². The van der Waals surface area contributed by atoms with Crippen LogP contribution in [0.1, 0.15) is 19.8 Å². The van der Waals surface area contributed by atoms with E-state index in [4.69, 9.17) is 0 Å². The summed E-state index contributed by atoms with van der Waals surface area (Å²) in [6.07, 6.45) is -69.7. The van der Waals surface area contributed by atoms with Gasteiger partial charge in [0.15, 0.2) is 6.29 Å². The smallest absolute Gasteiger partial charge is 0.267 e. The lowest BCUT2D eigenvalue weighted by molar-refractivity contribution is -0.417. The fourth-order valence-corrected chi connectivity index (χ4v) is 8.00. The lowest BCUT2D eigenvalue weighted by Crippen LogP contribution is -2.72. The van der Waals surface area contributed by atoms with Gasteiger partial charge in [-0.05, 0) is 12.8 Å². The molecule has 12 nitrogen and oxygen atoms in total. The van der Waals surface area contributed by atoms with Gasteiger partial charge in [-0.3, -0.25) is 8.37 Å². The van der Waals surface area contributed by atoms with Crippen LogP contribution in [-0.2, 0) is 57.2 Å². The van der Waals surface area contributed by atoms with Crippen LogP contribution in [0.4, 0.5) is 158 Å². The second-order valence-corrected chi connectivity index (χ2v) is 19.2. The fourth-order valence-electron chi connectivity index (χ4n) is 3.75. The molecule has 0 unspecified atom stereocenters. The van der Waals surface area contributed by atoms with Crippen LogP contribution in [0.25, 0.3) is 0 Å². The molecule has 0 heterocycles. The maximum absolute atomic E-state index is 13.8. The van der Waals surface area contributed by atoms with Crippen LogP contribution < -0.4 is 0 Å². The minimum absolute atomic E-state index is 0.0575. The molecule has 0 amide bonds. The van der Waals surface area contributed by atoms with Crippen LogP contribution in [0.3, 0.4) is 0 Å². The van der Waals surface area contributed by atoms with E-state index in [2.05, 4.69) is 16.7 Å². The first-order valence-electron chi connectivity index (χ1n) is 15.8. The van der Waals surface area contributed by atoms with E-state index in [0.717, 1.165) is 0 Å². The molecule has 0 bridgehead atoms. The molecule has 0 aliphatic heterocycles. The minimum atomic E-state index is -8.63. The Bertz CT molecular complexity index is 2170. The van der Waals surface area contributed by atoms with Gasteiger partial charge in [0.05, 0.1) is 13.2 Å². The zero-order valence-electron chi connectivity index (χ0n) is 32.5. The van der Waals surface area contributed by atoms with Crippen LogP contribution >= 0.6 is 0 Å². The summed E-state index contributed by atoms with van der Waals surface area (Å²) in [6.45, 7) is -4.18. The van der Waals surface area contributed by atoms with Gasteiger partial charge in [0.1, 0.15) is 0 Å². The third kappa shape index (κ3) is 12.1. The van der Waals surface area contributed by atoms with Crippen LogP contribution in [-0.4, -0.2) is 146 Å². The average Bonchev–Trinajstić information content (AvgIpc) is 3.11. The van der Waals surface area contributed by atoms with Gasteiger partial charge in [-0.2, -0.15) is 174 Å². The largest absolute Gasteiger partial charge is 0.449 e. The van der Waals surface area contributed by atoms with E-state index in [0.29, 0.717) is 0 Å². The Labute approximate surface area is 381 Å². The van der Waals surface area contributed by atoms with Gasteiger partial charge in [0, 0.05) is 0 Å². The van der Waals surface area contributed by atoms with Gasteiger partial charge < -0.3 is 0 Å². The molecular weight excluding hydrogens is 1270 g/mol. The molecular formula is C22H12F36O12S4. The molecule has 0 N–H and O–H groups in total. The lowest BCUT2D eigenvalue weighted by atomic mass is 9.96.